The molecular formula is C21H22ClN3O3S. The SMILES string of the molecule is O=C(NCc1ccccc1)[C@@H]1C[C@@H](O)[C@H](O)[C@H]2N=C(Nc3ccc(Cl)cc3)S[C@@H]21. The van der Waals surface area contributed by atoms with E-state index >= 15 is 0 Å². The molecule has 4 rings (SSSR count). The molecule has 29 heavy (non-hydrogen) atoms. The molecule has 0 radical (unpaired) electrons. The average molecular weight is 432 g/mol. The first kappa shape index (κ1) is 20.2. The number of fused-ring (bicyclic) bond motifs is 1. The lowest BCUT2D eigenvalue weighted by atomic mass is 9.81. The highest BCUT2D eigenvalue weighted by Crippen LogP contribution is 2.41. The number of halogens is 1. The van der Waals surface area contributed by atoms with Crippen LogP contribution in [0.15, 0.2) is 59.6 Å². The van der Waals surface area contributed by atoms with Gasteiger partial charge in [-0.2, -0.15) is 0 Å². The molecule has 0 aromatic heterocycles. The van der Waals surface area contributed by atoms with Crippen LogP contribution in [-0.4, -0.2) is 44.8 Å². The maximum absolute atomic E-state index is 12.9. The topological polar surface area (TPSA) is 94.0 Å². The number of aliphatic hydroxyl groups is 2. The van der Waals surface area contributed by atoms with Crippen LogP contribution in [-0.2, 0) is 11.3 Å². The van der Waals surface area contributed by atoms with Crippen LogP contribution in [0, 0.1) is 5.92 Å². The van der Waals surface area contributed by atoms with Gasteiger partial charge in [0.25, 0.3) is 0 Å². The molecule has 5 atom stereocenters. The van der Waals surface area contributed by atoms with Gasteiger partial charge >= 0.3 is 0 Å². The predicted octanol–water partition coefficient (Wildman–Crippen LogP) is 2.65. The number of nitrogens with one attached hydrogen (secondary N) is 2. The lowest BCUT2D eigenvalue weighted by Gasteiger charge is -2.37. The van der Waals surface area contributed by atoms with Gasteiger partial charge in [0.1, 0.15) is 6.10 Å². The highest BCUT2D eigenvalue weighted by molar-refractivity contribution is 8.15. The standard InChI is InChI=1S/C21H22ClN3O3S/c22-13-6-8-14(9-7-13)24-21-25-17-18(27)16(26)10-15(19(17)29-21)20(28)23-11-12-4-2-1-3-5-12/h1-9,15-19,26-27H,10-11H2,(H,23,28)(H,24,25)/t15-,16-,17-,18+,19-/m1/s1. The second kappa shape index (κ2) is 8.75. The summed E-state index contributed by atoms with van der Waals surface area (Å²) in [7, 11) is 0. The van der Waals surface area contributed by atoms with Gasteiger partial charge in [0.05, 0.1) is 18.1 Å². The van der Waals surface area contributed by atoms with Gasteiger partial charge in [-0.1, -0.05) is 53.7 Å². The van der Waals surface area contributed by atoms with Crippen molar-refractivity contribution in [3.05, 3.63) is 65.2 Å². The van der Waals surface area contributed by atoms with E-state index in [1.165, 1.54) is 11.8 Å². The number of nitrogens with zero attached hydrogens (tertiary/aromatic N) is 1. The number of carbonyl (C=O) groups excluding carboxylic acids is 1. The summed E-state index contributed by atoms with van der Waals surface area (Å²) in [5.74, 6) is -0.578. The number of amides is 1. The van der Waals surface area contributed by atoms with Crippen molar-refractivity contribution in [1.82, 2.24) is 5.32 Å². The van der Waals surface area contributed by atoms with Crippen LogP contribution in [0.1, 0.15) is 12.0 Å². The van der Waals surface area contributed by atoms with Crippen LogP contribution in [0.2, 0.25) is 5.02 Å². The van der Waals surface area contributed by atoms with Crippen molar-refractivity contribution in [3.63, 3.8) is 0 Å². The third-order valence-corrected chi connectivity index (χ3v) is 6.79. The van der Waals surface area contributed by atoms with Crippen LogP contribution in [0.5, 0.6) is 0 Å². The zero-order chi connectivity index (χ0) is 20.4. The molecule has 2 aromatic carbocycles. The number of benzene rings is 2. The Kier molecular flexibility index (Phi) is 6.10. The Morgan fingerprint density at radius 2 is 1.86 bits per heavy atom. The summed E-state index contributed by atoms with van der Waals surface area (Å²) in [5, 5.41) is 27.9. The molecule has 0 spiro atoms. The highest BCUT2D eigenvalue weighted by atomic mass is 35.5. The minimum absolute atomic E-state index is 0.134. The Labute approximate surface area is 178 Å². The Balaban J connectivity index is 1.45. The number of hydrogen-bond donors (Lipinski definition) is 4. The number of rotatable bonds is 4. The molecule has 0 bridgehead atoms. The van der Waals surface area contributed by atoms with Gasteiger partial charge < -0.3 is 20.8 Å². The highest BCUT2D eigenvalue weighted by Gasteiger charge is 2.50. The fourth-order valence-corrected chi connectivity index (χ4v) is 5.18. The lowest BCUT2D eigenvalue weighted by molar-refractivity contribution is -0.129. The molecule has 152 valence electrons. The van der Waals surface area contributed by atoms with Gasteiger partial charge in [-0.05, 0) is 36.2 Å². The van der Waals surface area contributed by atoms with Crippen molar-refractivity contribution in [3.8, 4) is 0 Å². The van der Waals surface area contributed by atoms with Crippen LogP contribution >= 0.6 is 23.4 Å². The van der Waals surface area contributed by atoms with E-state index in [0.717, 1.165) is 11.3 Å². The van der Waals surface area contributed by atoms with Gasteiger partial charge in [-0.25, -0.2) is 0 Å². The van der Waals surface area contributed by atoms with Crippen molar-refractivity contribution in [2.75, 3.05) is 5.32 Å². The number of carbonyl (C=O) groups is 1. The summed E-state index contributed by atoms with van der Waals surface area (Å²) < 4.78 is 0. The van der Waals surface area contributed by atoms with E-state index in [9.17, 15) is 15.0 Å². The van der Waals surface area contributed by atoms with Crippen molar-refractivity contribution in [2.24, 2.45) is 10.9 Å². The number of aliphatic hydroxyl groups excluding tert-OH is 2. The molecule has 0 unspecified atom stereocenters. The third kappa shape index (κ3) is 4.59. The molecule has 1 saturated carbocycles. The number of hydrogen-bond acceptors (Lipinski definition) is 6. The molecule has 4 N–H and O–H groups in total. The summed E-state index contributed by atoms with van der Waals surface area (Å²) >= 11 is 7.35. The lowest BCUT2D eigenvalue weighted by Crippen LogP contribution is -2.53. The Morgan fingerprint density at radius 3 is 2.59 bits per heavy atom. The summed E-state index contributed by atoms with van der Waals surface area (Å²) in [6.45, 7) is 0.424. The van der Waals surface area contributed by atoms with Crippen molar-refractivity contribution in [1.29, 1.82) is 0 Å². The predicted molar refractivity (Wildman–Crippen MR) is 116 cm³/mol. The van der Waals surface area contributed by atoms with Gasteiger partial charge in [-0.3, -0.25) is 9.79 Å². The van der Waals surface area contributed by atoms with Gasteiger partial charge in [-0.15, -0.1) is 0 Å². The summed E-state index contributed by atoms with van der Waals surface area (Å²) in [5.41, 5.74) is 1.83. The Morgan fingerprint density at radius 1 is 1.14 bits per heavy atom. The number of aliphatic imine (C=N–C) groups is 1. The minimum atomic E-state index is -0.991. The molecule has 1 amide bonds. The molecule has 0 saturated heterocycles. The first-order valence-corrected chi connectivity index (χ1v) is 10.7. The number of thioether (sulfide) groups is 1. The zero-order valence-corrected chi connectivity index (χ0v) is 17.1. The molecule has 1 heterocycles. The maximum Gasteiger partial charge on any atom is 0.224 e. The normalized spacial score (nSPS) is 28.4. The smallest absolute Gasteiger partial charge is 0.224 e. The van der Waals surface area contributed by atoms with E-state index in [-0.39, 0.29) is 17.6 Å². The molecule has 1 aliphatic carbocycles. The second-order valence-corrected chi connectivity index (χ2v) is 8.85. The van der Waals surface area contributed by atoms with Crippen molar-refractivity contribution < 1.29 is 15.0 Å². The zero-order valence-electron chi connectivity index (χ0n) is 15.5. The largest absolute Gasteiger partial charge is 0.390 e. The van der Waals surface area contributed by atoms with Gasteiger partial charge in [0.2, 0.25) is 5.91 Å². The monoisotopic (exact) mass is 431 g/mol. The first-order valence-electron chi connectivity index (χ1n) is 9.46. The van der Waals surface area contributed by atoms with Crippen LogP contribution in [0.25, 0.3) is 0 Å². The van der Waals surface area contributed by atoms with E-state index in [4.69, 9.17) is 11.6 Å². The van der Waals surface area contributed by atoms with Gasteiger partial charge in [0, 0.05) is 22.5 Å². The molecule has 8 heteroatoms. The average Bonchev–Trinajstić information content (AvgIpc) is 3.15. The number of anilines is 1. The minimum Gasteiger partial charge on any atom is -0.390 e. The van der Waals surface area contributed by atoms with E-state index in [1.807, 2.05) is 42.5 Å². The fraction of sp³-hybridized carbons (Fsp3) is 0.333. The van der Waals surface area contributed by atoms with Crippen molar-refractivity contribution >= 4 is 40.1 Å². The second-order valence-electron chi connectivity index (χ2n) is 7.24. The first-order chi connectivity index (χ1) is 14.0. The van der Waals surface area contributed by atoms with Gasteiger partial charge in [0.15, 0.2) is 5.17 Å². The molecule has 1 aliphatic heterocycles. The molecular weight excluding hydrogens is 410 g/mol. The third-order valence-electron chi connectivity index (χ3n) is 5.23. The van der Waals surface area contributed by atoms with Crippen LogP contribution < -0.4 is 10.6 Å². The molecule has 2 aliphatic rings. The molecule has 2 aromatic rings. The summed E-state index contributed by atoms with van der Waals surface area (Å²) in [4.78, 5) is 17.4. The van der Waals surface area contributed by atoms with E-state index in [1.54, 1.807) is 12.1 Å². The summed E-state index contributed by atoms with van der Waals surface area (Å²) in [6, 6.07) is 16.4. The van der Waals surface area contributed by atoms with Crippen LogP contribution in [0.3, 0.4) is 0 Å². The van der Waals surface area contributed by atoms with Crippen molar-refractivity contribution in [2.45, 2.75) is 36.5 Å². The fourth-order valence-electron chi connectivity index (χ4n) is 3.68. The Bertz CT molecular complexity index is 894. The summed E-state index contributed by atoms with van der Waals surface area (Å²) in [6.07, 6.45) is -1.77. The maximum atomic E-state index is 12.9. The number of amidine groups is 1. The van der Waals surface area contributed by atoms with E-state index in [2.05, 4.69) is 15.6 Å². The Hall–Kier alpha value is -2.06. The van der Waals surface area contributed by atoms with Crippen LogP contribution in [0.4, 0.5) is 5.69 Å². The van der Waals surface area contributed by atoms with E-state index < -0.39 is 24.2 Å². The van der Waals surface area contributed by atoms with E-state index in [0.29, 0.717) is 16.7 Å². The molecule has 1 fully saturated rings. The molecule has 6 nitrogen and oxygen atoms in total. The quantitative estimate of drug-likeness (QED) is 0.597.